The Morgan fingerprint density at radius 1 is 1.32 bits per heavy atom. The van der Waals surface area contributed by atoms with Crippen LogP contribution in [-0.4, -0.2) is 56.0 Å². The molecule has 3 rings (SSSR count). The Morgan fingerprint density at radius 3 is 2.95 bits per heavy atom. The van der Waals surface area contributed by atoms with Crippen molar-refractivity contribution >= 4 is 5.82 Å². The molecule has 1 unspecified atom stereocenters. The fraction of sp³-hybridized carbons (Fsp3) is 0.692. The fourth-order valence-corrected chi connectivity index (χ4v) is 2.42. The maximum atomic E-state index is 5.86. The molecular weight excluding hydrogens is 244 g/mol. The van der Waals surface area contributed by atoms with E-state index in [2.05, 4.69) is 20.2 Å². The van der Waals surface area contributed by atoms with Crippen LogP contribution in [0.1, 0.15) is 6.42 Å². The van der Waals surface area contributed by atoms with Gasteiger partial charge >= 0.3 is 0 Å². The number of anilines is 1. The zero-order chi connectivity index (χ0) is 12.9. The number of hydrogen-bond donors (Lipinski definition) is 1. The Balaban J connectivity index is 1.65. The van der Waals surface area contributed by atoms with Gasteiger partial charge in [0.1, 0.15) is 0 Å². The van der Waals surface area contributed by atoms with E-state index in [1.165, 1.54) is 0 Å². The predicted molar refractivity (Wildman–Crippen MR) is 71.5 cm³/mol. The zero-order valence-electron chi connectivity index (χ0n) is 11.0. The van der Waals surface area contributed by atoms with Gasteiger partial charge in [0.25, 0.3) is 5.88 Å². The largest absolute Gasteiger partial charge is 0.475 e. The van der Waals surface area contributed by atoms with Crippen molar-refractivity contribution in [1.82, 2.24) is 15.3 Å². The Labute approximate surface area is 113 Å². The minimum absolute atomic E-state index is 0.484. The molecule has 2 aliphatic rings. The highest BCUT2D eigenvalue weighted by Crippen LogP contribution is 2.24. The van der Waals surface area contributed by atoms with Crippen LogP contribution in [0.15, 0.2) is 12.4 Å². The lowest BCUT2D eigenvalue weighted by Crippen LogP contribution is -2.44. The molecule has 104 valence electrons. The van der Waals surface area contributed by atoms with Gasteiger partial charge in [0, 0.05) is 51.1 Å². The van der Waals surface area contributed by atoms with Gasteiger partial charge in [0.2, 0.25) is 0 Å². The first-order valence-electron chi connectivity index (χ1n) is 6.91. The summed E-state index contributed by atoms with van der Waals surface area (Å²) in [7, 11) is 0. The quantitative estimate of drug-likeness (QED) is 0.844. The molecule has 6 nitrogen and oxygen atoms in total. The SMILES string of the molecule is c1cnc(N2CCNCC2)c(OCC2CCOC2)n1. The predicted octanol–water partition coefficient (Wildman–Crippen LogP) is 0.301. The van der Waals surface area contributed by atoms with E-state index in [9.17, 15) is 0 Å². The number of piperazine rings is 1. The second-order valence-electron chi connectivity index (χ2n) is 4.96. The van der Waals surface area contributed by atoms with Crippen molar-refractivity contribution in [2.45, 2.75) is 6.42 Å². The van der Waals surface area contributed by atoms with Crippen LogP contribution in [0.2, 0.25) is 0 Å². The lowest BCUT2D eigenvalue weighted by Gasteiger charge is -2.29. The molecule has 0 aliphatic carbocycles. The monoisotopic (exact) mass is 264 g/mol. The van der Waals surface area contributed by atoms with Crippen molar-refractivity contribution in [2.24, 2.45) is 5.92 Å². The van der Waals surface area contributed by atoms with E-state index in [-0.39, 0.29) is 0 Å². The minimum atomic E-state index is 0.484. The van der Waals surface area contributed by atoms with E-state index in [4.69, 9.17) is 9.47 Å². The van der Waals surface area contributed by atoms with Crippen LogP contribution in [0.25, 0.3) is 0 Å². The Hall–Kier alpha value is -1.40. The molecule has 6 heteroatoms. The molecule has 1 atom stereocenters. The first kappa shape index (κ1) is 12.6. The first-order valence-corrected chi connectivity index (χ1v) is 6.91. The van der Waals surface area contributed by atoms with Gasteiger partial charge in [-0.3, -0.25) is 0 Å². The van der Waals surface area contributed by atoms with Crippen LogP contribution >= 0.6 is 0 Å². The summed E-state index contributed by atoms with van der Waals surface area (Å²) in [5, 5.41) is 3.33. The Bertz CT molecular complexity index is 403. The van der Waals surface area contributed by atoms with Crippen LogP contribution in [-0.2, 0) is 4.74 Å². The number of rotatable bonds is 4. The third kappa shape index (κ3) is 3.13. The van der Waals surface area contributed by atoms with E-state index < -0.39 is 0 Å². The van der Waals surface area contributed by atoms with Crippen molar-refractivity contribution in [1.29, 1.82) is 0 Å². The maximum Gasteiger partial charge on any atom is 0.257 e. The highest BCUT2D eigenvalue weighted by atomic mass is 16.5. The summed E-state index contributed by atoms with van der Waals surface area (Å²) in [4.78, 5) is 11.0. The topological polar surface area (TPSA) is 59.5 Å². The van der Waals surface area contributed by atoms with E-state index in [0.717, 1.165) is 51.6 Å². The maximum absolute atomic E-state index is 5.86. The molecule has 19 heavy (non-hydrogen) atoms. The zero-order valence-corrected chi connectivity index (χ0v) is 11.0. The molecule has 0 spiro atoms. The molecule has 1 aromatic rings. The second-order valence-corrected chi connectivity index (χ2v) is 4.96. The summed E-state index contributed by atoms with van der Waals surface area (Å²) in [5.41, 5.74) is 0. The lowest BCUT2D eigenvalue weighted by molar-refractivity contribution is 0.165. The van der Waals surface area contributed by atoms with E-state index >= 15 is 0 Å². The Kier molecular flexibility index (Phi) is 4.10. The summed E-state index contributed by atoms with van der Waals surface area (Å²) < 4.78 is 11.2. The number of aromatic nitrogens is 2. The highest BCUT2D eigenvalue weighted by Gasteiger charge is 2.20. The molecule has 0 amide bonds. The van der Waals surface area contributed by atoms with Gasteiger partial charge in [0.15, 0.2) is 5.82 Å². The van der Waals surface area contributed by atoms with Gasteiger partial charge in [-0.2, -0.15) is 0 Å². The number of ether oxygens (including phenoxy) is 2. The van der Waals surface area contributed by atoms with E-state index in [1.807, 2.05) is 0 Å². The summed E-state index contributed by atoms with van der Waals surface area (Å²) in [5.74, 6) is 2.00. The molecule has 1 aromatic heterocycles. The number of nitrogens with zero attached hydrogens (tertiary/aromatic N) is 3. The minimum Gasteiger partial charge on any atom is -0.475 e. The molecular formula is C13H20N4O2. The lowest BCUT2D eigenvalue weighted by atomic mass is 10.1. The average Bonchev–Trinajstić information content (AvgIpc) is 3.00. The number of nitrogens with one attached hydrogen (secondary N) is 1. The third-order valence-corrected chi connectivity index (χ3v) is 3.54. The van der Waals surface area contributed by atoms with Crippen molar-refractivity contribution in [2.75, 3.05) is 50.9 Å². The van der Waals surface area contributed by atoms with Crippen LogP contribution < -0.4 is 15.0 Å². The highest BCUT2D eigenvalue weighted by molar-refractivity contribution is 5.48. The van der Waals surface area contributed by atoms with Gasteiger partial charge < -0.3 is 19.7 Å². The van der Waals surface area contributed by atoms with Gasteiger partial charge in [0.05, 0.1) is 13.2 Å². The molecule has 0 radical (unpaired) electrons. The van der Waals surface area contributed by atoms with E-state index in [0.29, 0.717) is 18.4 Å². The van der Waals surface area contributed by atoms with Crippen molar-refractivity contribution < 1.29 is 9.47 Å². The summed E-state index contributed by atoms with van der Waals surface area (Å²) >= 11 is 0. The Morgan fingerprint density at radius 2 is 2.16 bits per heavy atom. The smallest absolute Gasteiger partial charge is 0.257 e. The molecule has 0 saturated carbocycles. The van der Waals surface area contributed by atoms with Crippen molar-refractivity contribution in [3.8, 4) is 5.88 Å². The average molecular weight is 264 g/mol. The van der Waals surface area contributed by atoms with Crippen molar-refractivity contribution in [3.63, 3.8) is 0 Å². The standard InChI is InChI=1S/C13H20N4O2/c1-8-18-9-11(1)10-19-13-12(15-2-3-16-13)17-6-4-14-5-7-17/h2-3,11,14H,1,4-10H2. The van der Waals surface area contributed by atoms with Crippen molar-refractivity contribution in [3.05, 3.63) is 12.4 Å². The van der Waals surface area contributed by atoms with Crippen LogP contribution in [0.5, 0.6) is 5.88 Å². The molecule has 1 N–H and O–H groups in total. The number of hydrogen-bond acceptors (Lipinski definition) is 6. The van der Waals surface area contributed by atoms with Gasteiger partial charge in [-0.05, 0) is 6.42 Å². The van der Waals surface area contributed by atoms with Gasteiger partial charge in [-0.25, -0.2) is 9.97 Å². The van der Waals surface area contributed by atoms with E-state index in [1.54, 1.807) is 12.4 Å². The first-order chi connectivity index (χ1) is 9.43. The molecule has 0 aromatic carbocycles. The molecule has 2 aliphatic heterocycles. The van der Waals surface area contributed by atoms with Crippen LogP contribution in [0.4, 0.5) is 5.82 Å². The summed E-state index contributed by atoms with van der Waals surface area (Å²) in [6, 6.07) is 0. The second kappa shape index (κ2) is 6.16. The molecule has 3 heterocycles. The normalized spacial score (nSPS) is 23.6. The van der Waals surface area contributed by atoms with Crippen LogP contribution in [0, 0.1) is 5.92 Å². The molecule has 0 bridgehead atoms. The summed E-state index contributed by atoms with van der Waals surface area (Å²) in [6.07, 6.45) is 4.48. The summed E-state index contributed by atoms with van der Waals surface area (Å²) in [6.45, 7) is 6.16. The fourth-order valence-electron chi connectivity index (χ4n) is 2.42. The molecule has 2 fully saturated rings. The third-order valence-electron chi connectivity index (χ3n) is 3.54. The van der Waals surface area contributed by atoms with Gasteiger partial charge in [-0.1, -0.05) is 0 Å². The van der Waals surface area contributed by atoms with Crippen LogP contribution in [0.3, 0.4) is 0 Å². The van der Waals surface area contributed by atoms with Gasteiger partial charge in [-0.15, -0.1) is 0 Å². The molecule has 2 saturated heterocycles.